The van der Waals surface area contributed by atoms with Crippen molar-refractivity contribution in [3.63, 3.8) is 0 Å². The summed E-state index contributed by atoms with van der Waals surface area (Å²) in [6.45, 7) is 5.24. The van der Waals surface area contributed by atoms with Crippen molar-refractivity contribution in [2.45, 2.75) is 39.2 Å². The largest absolute Gasteiger partial charge is 0.354 e. The zero-order valence-electron chi connectivity index (χ0n) is 16.4. The number of aromatic nitrogens is 1. The summed E-state index contributed by atoms with van der Waals surface area (Å²) >= 11 is 13.5. The van der Waals surface area contributed by atoms with E-state index in [4.69, 9.17) is 23.2 Å². The van der Waals surface area contributed by atoms with Crippen molar-refractivity contribution in [3.8, 4) is 0 Å². The average molecular weight is 455 g/mol. The molecule has 156 valence electrons. The van der Waals surface area contributed by atoms with Gasteiger partial charge in [-0.15, -0.1) is 11.3 Å². The van der Waals surface area contributed by atoms with Gasteiger partial charge in [0.25, 0.3) is 5.91 Å². The number of nitrogens with zero attached hydrogens (tertiary/aromatic N) is 2. The summed E-state index contributed by atoms with van der Waals surface area (Å²) in [5.41, 5.74) is 0.940. The van der Waals surface area contributed by atoms with Gasteiger partial charge in [-0.25, -0.2) is 4.98 Å². The topological polar surface area (TPSA) is 74.3 Å². The molecule has 2 aromatic rings. The lowest BCUT2D eigenvalue weighted by molar-refractivity contribution is -0.126. The summed E-state index contributed by atoms with van der Waals surface area (Å²) in [4.78, 5) is 31.7. The summed E-state index contributed by atoms with van der Waals surface area (Å²) in [6.07, 6.45) is 2.48. The SMILES string of the molecule is CC(C)CNC(=O)[C@@H]1CCCCN1C(=O)c1csc(Nc2cccc(Cl)c2Cl)n1. The number of carbonyl (C=O) groups excluding carboxylic acids is 2. The van der Waals surface area contributed by atoms with E-state index in [0.717, 1.165) is 12.8 Å². The quantitative estimate of drug-likeness (QED) is 0.646. The fourth-order valence-corrected chi connectivity index (χ4v) is 4.21. The second-order valence-corrected chi connectivity index (χ2v) is 9.06. The molecule has 1 aliphatic heterocycles. The van der Waals surface area contributed by atoms with Crippen LogP contribution in [0.5, 0.6) is 0 Å². The van der Waals surface area contributed by atoms with Crippen LogP contribution in [0.1, 0.15) is 43.6 Å². The molecule has 1 atom stereocenters. The number of nitrogens with one attached hydrogen (secondary N) is 2. The van der Waals surface area contributed by atoms with E-state index in [1.165, 1.54) is 11.3 Å². The van der Waals surface area contributed by atoms with Gasteiger partial charge in [-0.3, -0.25) is 9.59 Å². The van der Waals surface area contributed by atoms with Gasteiger partial charge in [0, 0.05) is 18.5 Å². The second kappa shape index (κ2) is 9.78. The fourth-order valence-electron chi connectivity index (χ4n) is 3.16. The van der Waals surface area contributed by atoms with Crippen LogP contribution < -0.4 is 10.6 Å². The minimum Gasteiger partial charge on any atom is -0.354 e. The van der Waals surface area contributed by atoms with Crippen LogP contribution in [0.2, 0.25) is 10.0 Å². The number of hydrogen-bond acceptors (Lipinski definition) is 5. The minimum absolute atomic E-state index is 0.0916. The molecule has 2 N–H and O–H groups in total. The molecule has 3 rings (SSSR count). The van der Waals surface area contributed by atoms with Gasteiger partial charge >= 0.3 is 0 Å². The van der Waals surface area contributed by atoms with Crippen molar-refractivity contribution < 1.29 is 9.59 Å². The maximum atomic E-state index is 13.1. The Morgan fingerprint density at radius 1 is 1.31 bits per heavy atom. The Hall–Kier alpha value is -1.83. The number of piperidine rings is 1. The summed E-state index contributed by atoms with van der Waals surface area (Å²) in [5.74, 6) is 0.0408. The predicted octanol–water partition coefficient (Wildman–Crippen LogP) is 4.96. The highest BCUT2D eigenvalue weighted by Gasteiger charge is 2.33. The normalized spacial score (nSPS) is 16.7. The summed E-state index contributed by atoms with van der Waals surface area (Å²) in [7, 11) is 0. The van der Waals surface area contributed by atoms with Gasteiger partial charge in [0.1, 0.15) is 11.7 Å². The average Bonchev–Trinajstić information content (AvgIpc) is 3.17. The first kappa shape index (κ1) is 21.9. The molecular weight excluding hydrogens is 431 g/mol. The van der Waals surface area contributed by atoms with Crippen molar-refractivity contribution in [2.24, 2.45) is 5.92 Å². The Morgan fingerprint density at radius 3 is 2.86 bits per heavy atom. The zero-order chi connectivity index (χ0) is 21.0. The van der Waals surface area contributed by atoms with Crippen LogP contribution in [-0.2, 0) is 4.79 Å². The van der Waals surface area contributed by atoms with E-state index in [9.17, 15) is 9.59 Å². The molecule has 0 aliphatic carbocycles. The number of thiazole rings is 1. The lowest BCUT2D eigenvalue weighted by Gasteiger charge is -2.34. The molecule has 9 heteroatoms. The van der Waals surface area contributed by atoms with E-state index in [0.29, 0.717) is 52.0 Å². The fraction of sp³-hybridized carbons (Fsp3) is 0.450. The number of carbonyl (C=O) groups is 2. The highest BCUT2D eigenvalue weighted by Crippen LogP contribution is 2.33. The molecule has 0 bridgehead atoms. The van der Waals surface area contributed by atoms with E-state index in [-0.39, 0.29) is 11.8 Å². The van der Waals surface area contributed by atoms with Crippen LogP contribution in [0, 0.1) is 5.92 Å². The van der Waals surface area contributed by atoms with Gasteiger partial charge in [0.15, 0.2) is 5.13 Å². The van der Waals surface area contributed by atoms with Gasteiger partial charge < -0.3 is 15.5 Å². The molecule has 1 aliphatic rings. The number of amides is 2. The lowest BCUT2D eigenvalue weighted by Crippen LogP contribution is -2.52. The number of hydrogen-bond donors (Lipinski definition) is 2. The van der Waals surface area contributed by atoms with E-state index < -0.39 is 6.04 Å². The molecule has 2 amide bonds. The van der Waals surface area contributed by atoms with Crippen LogP contribution >= 0.6 is 34.5 Å². The van der Waals surface area contributed by atoms with Crippen LogP contribution in [-0.4, -0.2) is 40.8 Å². The van der Waals surface area contributed by atoms with Crippen molar-refractivity contribution in [3.05, 3.63) is 39.3 Å². The number of anilines is 2. The van der Waals surface area contributed by atoms with Gasteiger partial charge in [-0.1, -0.05) is 43.1 Å². The molecule has 1 aromatic carbocycles. The number of rotatable bonds is 6. The number of halogens is 2. The van der Waals surface area contributed by atoms with Gasteiger partial charge in [0.05, 0.1) is 15.7 Å². The van der Waals surface area contributed by atoms with Gasteiger partial charge in [-0.05, 0) is 37.3 Å². The molecular formula is C20H24Cl2N4O2S. The van der Waals surface area contributed by atoms with E-state index >= 15 is 0 Å². The summed E-state index contributed by atoms with van der Waals surface area (Å²) in [5, 5.41) is 9.12. The standard InChI is InChI=1S/C20H24Cl2N4O2S/c1-12(2)10-23-18(27)16-8-3-4-9-26(16)19(28)15-11-29-20(25-15)24-14-7-5-6-13(21)17(14)22/h5-7,11-12,16H,3-4,8-10H2,1-2H3,(H,23,27)(H,24,25)/t16-/m0/s1. The van der Waals surface area contributed by atoms with Crippen LogP contribution in [0.3, 0.4) is 0 Å². The first-order chi connectivity index (χ1) is 13.9. The molecule has 0 saturated carbocycles. The summed E-state index contributed by atoms with van der Waals surface area (Å²) in [6, 6.07) is 4.82. The third-order valence-corrected chi connectivity index (χ3v) is 6.24. The second-order valence-electron chi connectivity index (χ2n) is 7.41. The predicted molar refractivity (Wildman–Crippen MR) is 118 cm³/mol. The molecule has 1 fully saturated rings. The third-order valence-electron chi connectivity index (χ3n) is 4.67. The van der Waals surface area contributed by atoms with Crippen LogP contribution in [0.25, 0.3) is 0 Å². The maximum Gasteiger partial charge on any atom is 0.274 e. The molecule has 2 heterocycles. The van der Waals surface area contributed by atoms with E-state index in [1.54, 1.807) is 28.5 Å². The van der Waals surface area contributed by atoms with Gasteiger partial charge in [-0.2, -0.15) is 0 Å². The highest BCUT2D eigenvalue weighted by atomic mass is 35.5. The molecule has 0 radical (unpaired) electrons. The molecule has 0 unspecified atom stereocenters. The van der Waals surface area contributed by atoms with Crippen LogP contribution in [0.15, 0.2) is 23.6 Å². The minimum atomic E-state index is -0.449. The molecule has 29 heavy (non-hydrogen) atoms. The van der Waals surface area contributed by atoms with Crippen molar-refractivity contribution in [1.29, 1.82) is 0 Å². The number of likely N-dealkylation sites (tertiary alicyclic amines) is 1. The van der Waals surface area contributed by atoms with E-state index in [2.05, 4.69) is 15.6 Å². The Bertz CT molecular complexity index is 887. The Morgan fingerprint density at radius 2 is 2.10 bits per heavy atom. The molecule has 1 aromatic heterocycles. The smallest absolute Gasteiger partial charge is 0.274 e. The Labute approximate surface area is 184 Å². The summed E-state index contributed by atoms with van der Waals surface area (Å²) < 4.78 is 0. The number of benzene rings is 1. The molecule has 1 saturated heterocycles. The first-order valence-corrected chi connectivity index (χ1v) is 11.3. The van der Waals surface area contributed by atoms with Crippen LogP contribution in [0.4, 0.5) is 10.8 Å². The first-order valence-electron chi connectivity index (χ1n) is 9.62. The van der Waals surface area contributed by atoms with Crippen molar-refractivity contribution >= 4 is 57.2 Å². The molecule has 6 nitrogen and oxygen atoms in total. The zero-order valence-corrected chi connectivity index (χ0v) is 18.7. The Kier molecular flexibility index (Phi) is 7.38. The Balaban J connectivity index is 1.72. The third kappa shape index (κ3) is 5.41. The highest BCUT2D eigenvalue weighted by molar-refractivity contribution is 7.14. The lowest BCUT2D eigenvalue weighted by atomic mass is 10.0. The van der Waals surface area contributed by atoms with E-state index in [1.807, 2.05) is 13.8 Å². The van der Waals surface area contributed by atoms with Gasteiger partial charge in [0.2, 0.25) is 5.91 Å². The van der Waals surface area contributed by atoms with Crippen molar-refractivity contribution in [1.82, 2.24) is 15.2 Å². The maximum absolute atomic E-state index is 13.1. The monoisotopic (exact) mass is 454 g/mol. The van der Waals surface area contributed by atoms with Crippen molar-refractivity contribution in [2.75, 3.05) is 18.4 Å². The molecule has 0 spiro atoms.